The van der Waals surface area contributed by atoms with Gasteiger partial charge in [-0.25, -0.2) is 13.8 Å². The number of anilines is 2. The Hall–Kier alpha value is -3.38. The lowest BCUT2D eigenvalue weighted by molar-refractivity contribution is -0.132. The monoisotopic (exact) mass is 542 g/mol. The predicted molar refractivity (Wildman–Crippen MR) is 146 cm³/mol. The van der Waals surface area contributed by atoms with Gasteiger partial charge in [-0.3, -0.25) is 9.36 Å². The average Bonchev–Trinajstić information content (AvgIpc) is 3.36. The molecule has 0 atom stereocenters. The molecule has 10 nitrogen and oxygen atoms in total. The number of likely N-dealkylation sites (tertiary alicyclic amines) is 1. The standard InChI is InChI=1S/C27H36F2N8O2/c1-34(2)10-9-24(38)36-11-7-19(8-12-36)18-30-27-32-22(35-13-15-39-16-14-35)17-23(33-27)37-21-6-4-3-5-20(21)31-26(37)25(28)29/h3-6,17,19,25H,7-16,18H2,1-2H3,(H,30,32,33). The molecule has 39 heavy (non-hydrogen) atoms. The van der Waals surface area contributed by atoms with Gasteiger partial charge in [-0.2, -0.15) is 9.97 Å². The number of alkyl halides is 2. The van der Waals surface area contributed by atoms with E-state index in [1.807, 2.05) is 23.9 Å². The summed E-state index contributed by atoms with van der Waals surface area (Å²) in [4.78, 5) is 32.1. The smallest absolute Gasteiger partial charge is 0.296 e. The zero-order valence-electron chi connectivity index (χ0n) is 22.5. The highest BCUT2D eigenvalue weighted by Crippen LogP contribution is 2.29. The van der Waals surface area contributed by atoms with Gasteiger partial charge >= 0.3 is 0 Å². The number of amides is 1. The maximum atomic E-state index is 14.1. The molecule has 2 fully saturated rings. The van der Waals surface area contributed by atoms with Gasteiger partial charge in [0.2, 0.25) is 11.9 Å². The number of nitrogens with one attached hydrogen (secondary N) is 1. The summed E-state index contributed by atoms with van der Waals surface area (Å²) in [5.41, 5.74) is 1.05. The van der Waals surface area contributed by atoms with Crippen LogP contribution < -0.4 is 10.2 Å². The van der Waals surface area contributed by atoms with E-state index in [2.05, 4.69) is 20.2 Å². The van der Waals surface area contributed by atoms with Crippen molar-refractivity contribution in [1.82, 2.24) is 29.3 Å². The molecule has 0 saturated carbocycles. The predicted octanol–water partition coefficient (Wildman–Crippen LogP) is 3.19. The van der Waals surface area contributed by atoms with Crippen LogP contribution in [0.15, 0.2) is 30.3 Å². The minimum Gasteiger partial charge on any atom is -0.378 e. The van der Waals surface area contributed by atoms with Crippen LogP contribution in [0.5, 0.6) is 0 Å². The number of hydrogen-bond acceptors (Lipinski definition) is 8. The maximum absolute atomic E-state index is 14.1. The average molecular weight is 543 g/mol. The number of imidazole rings is 1. The molecule has 5 rings (SSSR count). The van der Waals surface area contributed by atoms with Gasteiger partial charge in [-0.1, -0.05) is 12.1 Å². The van der Waals surface area contributed by atoms with Gasteiger partial charge in [-0.15, -0.1) is 0 Å². The van der Waals surface area contributed by atoms with Crippen LogP contribution in [-0.2, 0) is 9.53 Å². The lowest BCUT2D eigenvalue weighted by Gasteiger charge is -2.32. The third kappa shape index (κ3) is 6.44. The fraction of sp³-hybridized carbons (Fsp3) is 0.556. The Morgan fingerprint density at radius 1 is 1.08 bits per heavy atom. The van der Waals surface area contributed by atoms with E-state index in [-0.39, 0.29) is 11.7 Å². The number of aromatic nitrogens is 4. The number of carbonyl (C=O) groups excluding carboxylic acids is 1. The molecule has 0 spiro atoms. The third-order valence-corrected chi connectivity index (χ3v) is 7.33. The van der Waals surface area contributed by atoms with Gasteiger partial charge in [0, 0.05) is 51.8 Å². The number of morpholine rings is 1. The molecule has 2 saturated heterocycles. The summed E-state index contributed by atoms with van der Waals surface area (Å²) in [7, 11) is 3.94. The van der Waals surface area contributed by atoms with Crippen molar-refractivity contribution in [2.24, 2.45) is 5.92 Å². The summed E-state index contributed by atoms with van der Waals surface area (Å²) in [6.45, 7) is 5.31. The van der Waals surface area contributed by atoms with E-state index < -0.39 is 6.43 Å². The first kappa shape index (κ1) is 27.2. The molecule has 0 unspecified atom stereocenters. The first-order valence-corrected chi connectivity index (χ1v) is 13.5. The number of nitrogens with zero attached hydrogens (tertiary/aromatic N) is 7. The molecule has 2 aliphatic heterocycles. The molecule has 210 valence electrons. The fourth-order valence-corrected chi connectivity index (χ4v) is 5.10. The second kappa shape index (κ2) is 12.2. The molecule has 2 aliphatic rings. The Kier molecular flexibility index (Phi) is 8.51. The topological polar surface area (TPSA) is 91.7 Å². The molecule has 1 amide bonds. The number of para-hydroxylation sites is 2. The Labute approximate surface area is 227 Å². The minimum absolute atomic E-state index is 0.198. The van der Waals surface area contributed by atoms with Crippen molar-refractivity contribution in [3.63, 3.8) is 0 Å². The minimum atomic E-state index is -2.76. The Morgan fingerprint density at radius 2 is 1.79 bits per heavy atom. The molecule has 0 radical (unpaired) electrons. The summed E-state index contributed by atoms with van der Waals surface area (Å²) < 4.78 is 35.1. The summed E-state index contributed by atoms with van der Waals surface area (Å²) in [5.74, 6) is 1.59. The van der Waals surface area contributed by atoms with Crippen molar-refractivity contribution >= 4 is 28.7 Å². The van der Waals surface area contributed by atoms with Crippen molar-refractivity contribution in [3.8, 4) is 5.82 Å². The Balaban J connectivity index is 1.35. The van der Waals surface area contributed by atoms with Crippen LogP contribution in [0, 0.1) is 5.92 Å². The highest BCUT2D eigenvalue weighted by Gasteiger charge is 2.25. The zero-order valence-corrected chi connectivity index (χ0v) is 22.5. The van der Waals surface area contributed by atoms with Gasteiger partial charge in [0.25, 0.3) is 6.43 Å². The van der Waals surface area contributed by atoms with Crippen molar-refractivity contribution in [1.29, 1.82) is 0 Å². The fourth-order valence-electron chi connectivity index (χ4n) is 5.10. The van der Waals surface area contributed by atoms with Crippen molar-refractivity contribution in [2.45, 2.75) is 25.7 Å². The van der Waals surface area contributed by atoms with Crippen molar-refractivity contribution in [2.75, 3.05) is 76.8 Å². The van der Waals surface area contributed by atoms with Crippen LogP contribution in [0.2, 0.25) is 0 Å². The second-order valence-electron chi connectivity index (χ2n) is 10.4. The quantitative estimate of drug-likeness (QED) is 0.441. The third-order valence-electron chi connectivity index (χ3n) is 7.33. The summed E-state index contributed by atoms with van der Waals surface area (Å²) >= 11 is 0. The first-order chi connectivity index (χ1) is 18.9. The van der Waals surface area contributed by atoms with E-state index in [0.29, 0.717) is 73.8 Å². The number of fused-ring (bicyclic) bond motifs is 1. The normalized spacial score (nSPS) is 17.0. The molecule has 1 N–H and O–H groups in total. The summed E-state index contributed by atoms with van der Waals surface area (Å²) in [6.07, 6.45) is -0.456. The SMILES string of the molecule is CN(C)CCC(=O)N1CCC(CNc2nc(N3CCOCC3)cc(-n3c(C(F)F)nc4ccccc43)n2)CC1. The van der Waals surface area contributed by atoms with E-state index in [1.54, 1.807) is 30.3 Å². The number of benzene rings is 1. The number of ether oxygens (including phenoxy) is 1. The lowest BCUT2D eigenvalue weighted by Crippen LogP contribution is -2.40. The molecule has 1 aromatic carbocycles. The Bertz CT molecular complexity index is 1270. The van der Waals surface area contributed by atoms with Crippen LogP contribution in [0.4, 0.5) is 20.5 Å². The molecular weight excluding hydrogens is 506 g/mol. The van der Waals surface area contributed by atoms with Gasteiger partial charge in [0.05, 0.1) is 24.2 Å². The van der Waals surface area contributed by atoms with Crippen LogP contribution in [0.3, 0.4) is 0 Å². The van der Waals surface area contributed by atoms with Gasteiger partial charge in [0.15, 0.2) is 5.82 Å². The second-order valence-corrected chi connectivity index (χ2v) is 10.4. The number of hydrogen-bond donors (Lipinski definition) is 1. The largest absolute Gasteiger partial charge is 0.378 e. The highest BCUT2D eigenvalue weighted by molar-refractivity contribution is 5.78. The molecule has 4 heterocycles. The lowest BCUT2D eigenvalue weighted by atomic mass is 9.96. The van der Waals surface area contributed by atoms with E-state index in [0.717, 1.165) is 32.5 Å². The van der Waals surface area contributed by atoms with Crippen LogP contribution in [0.1, 0.15) is 31.5 Å². The van der Waals surface area contributed by atoms with Crippen LogP contribution in [0.25, 0.3) is 16.9 Å². The number of piperidine rings is 1. The number of halogens is 2. The molecule has 12 heteroatoms. The van der Waals surface area contributed by atoms with E-state index in [9.17, 15) is 13.6 Å². The van der Waals surface area contributed by atoms with Crippen molar-refractivity contribution < 1.29 is 18.3 Å². The maximum Gasteiger partial charge on any atom is 0.296 e. The first-order valence-electron chi connectivity index (χ1n) is 13.5. The molecule has 0 aliphatic carbocycles. The van der Waals surface area contributed by atoms with Crippen LogP contribution >= 0.6 is 0 Å². The summed E-state index contributed by atoms with van der Waals surface area (Å²) in [5, 5.41) is 3.37. The molecule has 0 bridgehead atoms. The number of rotatable bonds is 9. The van der Waals surface area contributed by atoms with Crippen molar-refractivity contribution in [3.05, 3.63) is 36.2 Å². The van der Waals surface area contributed by atoms with E-state index >= 15 is 0 Å². The Morgan fingerprint density at radius 3 is 2.51 bits per heavy atom. The van der Waals surface area contributed by atoms with Crippen LogP contribution in [-0.4, -0.2) is 102 Å². The van der Waals surface area contributed by atoms with Gasteiger partial charge in [-0.05, 0) is 45.0 Å². The van der Waals surface area contributed by atoms with E-state index in [4.69, 9.17) is 9.72 Å². The van der Waals surface area contributed by atoms with Gasteiger partial charge in [0.1, 0.15) is 11.6 Å². The summed E-state index contributed by atoms with van der Waals surface area (Å²) in [6, 6.07) is 8.82. The zero-order chi connectivity index (χ0) is 27.4. The molecular formula is C27H36F2N8O2. The molecule has 2 aromatic heterocycles. The van der Waals surface area contributed by atoms with Gasteiger partial charge < -0.3 is 24.8 Å². The number of carbonyl (C=O) groups is 1. The van der Waals surface area contributed by atoms with E-state index in [1.165, 1.54) is 4.57 Å². The molecule has 3 aromatic rings. The highest BCUT2D eigenvalue weighted by atomic mass is 19.3.